The van der Waals surface area contributed by atoms with E-state index in [0.29, 0.717) is 16.8 Å². The summed E-state index contributed by atoms with van der Waals surface area (Å²) in [5.41, 5.74) is 8.29. The number of aromatic nitrogens is 3. The zero-order chi connectivity index (χ0) is 14.8. The lowest BCUT2D eigenvalue weighted by atomic mass is 10.0. The van der Waals surface area contributed by atoms with Gasteiger partial charge in [0.05, 0.1) is 21.7 Å². The van der Waals surface area contributed by atoms with Gasteiger partial charge in [-0.3, -0.25) is 20.2 Å². The van der Waals surface area contributed by atoms with Crippen molar-refractivity contribution >= 4 is 11.5 Å². The van der Waals surface area contributed by atoms with Gasteiger partial charge in [-0.15, -0.1) is 0 Å². The summed E-state index contributed by atoms with van der Waals surface area (Å²) in [7, 11) is 0. The number of H-pyrrole nitrogens is 1. The van der Waals surface area contributed by atoms with E-state index in [1.165, 1.54) is 6.07 Å². The number of hydrogen-bond acceptors (Lipinski definition) is 5. The van der Waals surface area contributed by atoms with Gasteiger partial charge in [-0.2, -0.15) is 5.10 Å². The molecule has 0 saturated heterocycles. The van der Waals surface area contributed by atoms with Gasteiger partial charge in [0.2, 0.25) is 0 Å². The summed E-state index contributed by atoms with van der Waals surface area (Å²) in [6, 6.07) is 10.0. The normalized spacial score (nSPS) is 10.5. The Labute approximate surface area is 119 Å². The molecule has 0 aliphatic rings. The molecule has 3 N–H and O–H groups in total. The van der Waals surface area contributed by atoms with Crippen LogP contribution in [0.4, 0.5) is 11.5 Å². The smallest absolute Gasteiger partial charge is 0.278 e. The molecule has 3 rings (SSSR count). The lowest BCUT2D eigenvalue weighted by Gasteiger charge is -2.05. The van der Waals surface area contributed by atoms with Crippen molar-refractivity contribution in [2.75, 3.05) is 5.73 Å². The molecule has 104 valence electrons. The number of para-hydroxylation sites is 1. The third-order valence-electron chi connectivity index (χ3n) is 3.13. The van der Waals surface area contributed by atoms with Crippen molar-refractivity contribution in [1.82, 2.24) is 15.2 Å². The van der Waals surface area contributed by atoms with Gasteiger partial charge in [-0.25, -0.2) is 0 Å². The molecule has 0 radical (unpaired) electrons. The number of hydrogen-bond donors (Lipinski definition) is 2. The number of aromatic amines is 1. The maximum absolute atomic E-state index is 11.2. The van der Waals surface area contributed by atoms with Crippen LogP contribution in [0.15, 0.2) is 48.8 Å². The number of nitrogen functional groups attached to an aromatic ring is 1. The summed E-state index contributed by atoms with van der Waals surface area (Å²) >= 11 is 0. The van der Waals surface area contributed by atoms with Crippen LogP contribution in [0.25, 0.3) is 22.4 Å². The van der Waals surface area contributed by atoms with Gasteiger partial charge in [0.1, 0.15) is 0 Å². The quantitative estimate of drug-likeness (QED) is 0.566. The number of nitrogens with two attached hydrogens (primary N) is 1. The zero-order valence-corrected chi connectivity index (χ0v) is 10.9. The lowest BCUT2D eigenvalue weighted by Crippen LogP contribution is -1.93. The van der Waals surface area contributed by atoms with Gasteiger partial charge >= 0.3 is 0 Å². The van der Waals surface area contributed by atoms with Gasteiger partial charge < -0.3 is 5.73 Å². The van der Waals surface area contributed by atoms with E-state index in [2.05, 4.69) is 15.2 Å². The molecule has 0 spiro atoms. The number of pyridine rings is 1. The summed E-state index contributed by atoms with van der Waals surface area (Å²) in [6.45, 7) is 0. The summed E-state index contributed by atoms with van der Waals surface area (Å²) in [6.07, 6.45) is 3.26. The first-order valence-corrected chi connectivity index (χ1v) is 6.16. The standard InChI is InChI=1S/C14H11N5O2/c15-14-12(9-5-7-16-8-6-9)13(17-18-14)10-3-1-2-4-11(10)19(20)21/h1-8H,(H3,15,17,18). The molecule has 0 atom stereocenters. The highest BCUT2D eigenvalue weighted by atomic mass is 16.6. The first-order valence-electron chi connectivity index (χ1n) is 6.16. The van der Waals surface area contributed by atoms with Crippen LogP contribution in [-0.4, -0.2) is 20.1 Å². The average Bonchev–Trinajstić information content (AvgIpc) is 2.89. The van der Waals surface area contributed by atoms with Crippen LogP contribution in [0.3, 0.4) is 0 Å². The molecule has 0 fully saturated rings. The predicted octanol–water partition coefficient (Wildman–Crippen LogP) is 2.63. The molecule has 0 saturated carbocycles. The van der Waals surface area contributed by atoms with E-state index in [1.807, 2.05) is 0 Å². The van der Waals surface area contributed by atoms with Crippen molar-refractivity contribution in [3.05, 3.63) is 58.9 Å². The number of nitro benzene ring substituents is 1. The molecule has 2 aromatic heterocycles. The maximum atomic E-state index is 11.2. The van der Waals surface area contributed by atoms with Crippen molar-refractivity contribution in [3.63, 3.8) is 0 Å². The van der Waals surface area contributed by atoms with Crippen LogP contribution in [0.1, 0.15) is 0 Å². The van der Waals surface area contributed by atoms with E-state index in [1.54, 1.807) is 42.7 Å². The molecule has 1 aromatic carbocycles. The van der Waals surface area contributed by atoms with Gasteiger partial charge in [0, 0.05) is 18.5 Å². The Kier molecular flexibility index (Phi) is 3.07. The molecular weight excluding hydrogens is 270 g/mol. The molecule has 0 unspecified atom stereocenters. The Morgan fingerprint density at radius 1 is 1.14 bits per heavy atom. The monoisotopic (exact) mass is 281 g/mol. The van der Waals surface area contributed by atoms with Crippen LogP contribution in [0.5, 0.6) is 0 Å². The number of nitrogens with one attached hydrogen (secondary N) is 1. The summed E-state index contributed by atoms with van der Waals surface area (Å²) < 4.78 is 0. The number of nitro groups is 1. The second-order valence-corrected chi connectivity index (χ2v) is 4.37. The van der Waals surface area contributed by atoms with Gasteiger partial charge in [0.15, 0.2) is 5.82 Å². The van der Waals surface area contributed by atoms with Crippen LogP contribution in [0.2, 0.25) is 0 Å². The van der Waals surface area contributed by atoms with E-state index < -0.39 is 4.92 Å². The van der Waals surface area contributed by atoms with Crippen molar-refractivity contribution in [3.8, 4) is 22.4 Å². The highest BCUT2D eigenvalue weighted by Crippen LogP contribution is 2.38. The Morgan fingerprint density at radius 3 is 2.57 bits per heavy atom. The van der Waals surface area contributed by atoms with E-state index in [-0.39, 0.29) is 11.5 Å². The largest absolute Gasteiger partial charge is 0.382 e. The topological polar surface area (TPSA) is 111 Å². The van der Waals surface area contributed by atoms with Gasteiger partial charge in [-0.1, -0.05) is 12.1 Å². The minimum absolute atomic E-state index is 0.00328. The van der Waals surface area contributed by atoms with Crippen molar-refractivity contribution in [1.29, 1.82) is 0 Å². The predicted molar refractivity (Wildman–Crippen MR) is 78.3 cm³/mol. The second kappa shape index (κ2) is 5.04. The third-order valence-corrected chi connectivity index (χ3v) is 3.13. The van der Waals surface area contributed by atoms with E-state index >= 15 is 0 Å². The highest BCUT2D eigenvalue weighted by molar-refractivity contribution is 5.90. The Morgan fingerprint density at radius 2 is 1.86 bits per heavy atom. The lowest BCUT2D eigenvalue weighted by molar-refractivity contribution is -0.384. The van der Waals surface area contributed by atoms with Crippen molar-refractivity contribution in [2.24, 2.45) is 0 Å². The molecular formula is C14H11N5O2. The number of anilines is 1. The molecule has 7 heteroatoms. The summed E-state index contributed by atoms with van der Waals surface area (Å²) in [4.78, 5) is 14.7. The Hall–Kier alpha value is -3.22. The van der Waals surface area contributed by atoms with Crippen molar-refractivity contribution in [2.45, 2.75) is 0 Å². The van der Waals surface area contributed by atoms with E-state index in [9.17, 15) is 10.1 Å². The van der Waals surface area contributed by atoms with Gasteiger partial charge in [-0.05, 0) is 23.8 Å². The molecule has 0 bridgehead atoms. The van der Waals surface area contributed by atoms with E-state index in [0.717, 1.165) is 5.56 Å². The highest BCUT2D eigenvalue weighted by Gasteiger charge is 2.21. The summed E-state index contributed by atoms with van der Waals surface area (Å²) in [5, 5.41) is 17.9. The van der Waals surface area contributed by atoms with Crippen LogP contribution in [0, 0.1) is 10.1 Å². The fraction of sp³-hybridized carbons (Fsp3) is 0. The first-order chi connectivity index (χ1) is 10.2. The summed E-state index contributed by atoms with van der Waals surface area (Å²) in [5.74, 6) is 0.286. The molecule has 21 heavy (non-hydrogen) atoms. The van der Waals surface area contributed by atoms with E-state index in [4.69, 9.17) is 5.73 Å². The number of benzene rings is 1. The minimum atomic E-state index is -0.428. The SMILES string of the molecule is Nc1n[nH]c(-c2ccccc2[N+](=O)[O-])c1-c1ccncc1. The molecule has 0 amide bonds. The molecule has 7 nitrogen and oxygen atoms in total. The molecule has 3 aromatic rings. The fourth-order valence-corrected chi connectivity index (χ4v) is 2.21. The zero-order valence-electron chi connectivity index (χ0n) is 10.9. The third kappa shape index (κ3) is 2.20. The van der Waals surface area contributed by atoms with Crippen LogP contribution < -0.4 is 5.73 Å². The fourth-order valence-electron chi connectivity index (χ4n) is 2.21. The number of rotatable bonds is 3. The second-order valence-electron chi connectivity index (χ2n) is 4.37. The first kappa shape index (κ1) is 12.8. The average molecular weight is 281 g/mol. The van der Waals surface area contributed by atoms with Crippen molar-refractivity contribution < 1.29 is 4.92 Å². The molecule has 0 aliphatic carbocycles. The molecule has 0 aliphatic heterocycles. The van der Waals surface area contributed by atoms with Gasteiger partial charge in [0.25, 0.3) is 5.69 Å². The van der Waals surface area contributed by atoms with Crippen LogP contribution >= 0.6 is 0 Å². The Balaban J connectivity index is 2.25. The maximum Gasteiger partial charge on any atom is 0.278 e. The number of nitrogens with zero attached hydrogens (tertiary/aromatic N) is 3. The Bertz CT molecular complexity index is 798. The minimum Gasteiger partial charge on any atom is -0.382 e. The molecule has 2 heterocycles. The van der Waals surface area contributed by atoms with Crippen LogP contribution in [-0.2, 0) is 0 Å².